The van der Waals surface area contributed by atoms with Gasteiger partial charge >= 0.3 is 0 Å². The van der Waals surface area contributed by atoms with Gasteiger partial charge in [0.25, 0.3) is 0 Å². The molecule has 22 heavy (non-hydrogen) atoms. The van der Waals surface area contributed by atoms with Crippen molar-refractivity contribution >= 4 is 0 Å². The van der Waals surface area contributed by atoms with Crippen LogP contribution in [0, 0.1) is 13.8 Å². The predicted molar refractivity (Wildman–Crippen MR) is 87.2 cm³/mol. The van der Waals surface area contributed by atoms with E-state index in [9.17, 15) is 5.11 Å². The molecule has 0 radical (unpaired) electrons. The molecule has 4 heteroatoms. The Labute approximate surface area is 129 Å². The minimum Gasteiger partial charge on any atom is -0.507 e. The van der Waals surface area contributed by atoms with Gasteiger partial charge in [-0.05, 0) is 31.0 Å². The lowest BCUT2D eigenvalue weighted by molar-refractivity contribution is 0.407. The summed E-state index contributed by atoms with van der Waals surface area (Å²) in [5.41, 5.74) is 5.43. The van der Waals surface area contributed by atoms with Gasteiger partial charge in [-0.25, -0.2) is 0 Å². The van der Waals surface area contributed by atoms with Crippen molar-refractivity contribution in [1.29, 1.82) is 0 Å². The van der Waals surface area contributed by atoms with Crippen LogP contribution in [0.1, 0.15) is 11.3 Å². The Morgan fingerprint density at radius 3 is 2.41 bits per heavy atom. The van der Waals surface area contributed by atoms with Gasteiger partial charge < -0.3 is 9.84 Å². The molecule has 0 bridgehead atoms. The van der Waals surface area contributed by atoms with Crippen LogP contribution in [0.4, 0.5) is 0 Å². The third kappa shape index (κ3) is 2.33. The van der Waals surface area contributed by atoms with Crippen molar-refractivity contribution in [2.45, 2.75) is 13.8 Å². The van der Waals surface area contributed by atoms with E-state index >= 15 is 0 Å². The van der Waals surface area contributed by atoms with Crippen LogP contribution in [0.15, 0.2) is 42.5 Å². The molecule has 0 amide bonds. The summed E-state index contributed by atoms with van der Waals surface area (Å²) >= 11 is 0. The first-order valence-corrected chi connectivity index (χ1v) is 7.10. The molecule has 4 nitrogen and oxygen atoms in total. The maximum atomic E-state index is 10.4. The molecule has 0 saturated carbocycles. The fourth-order valence-electron chi connectivity index (χ4n) is 2.73. The van der Waals surface area contributed by atoms with Gasteiger partial charge in [-0.3, -0.25) is 5.10 Å². The number of hydrogen-bond acceptors (Lipinski definition) is 3. The van der Waals surface area contributed by atoms with Crippen LogP contribution < -0.4 is 4.74 Å². The molecule has 1 heterocycles. The highest BCUT2D eigenvalue weighted by atomic mass is 16.5. The summed E-state index contributed by atoms with van der Waals surface area (Å²) in [5.74, 6) is 0.799. The minimum atomic E-state index is 0.167. The molecule has 3 rings (SSSR count). The van der Waals surface area contributed by atoms with Crippen molar-refractivity contribution in [1.82, 2.24) is 10.2 Å². The Bertz CT molecular complexity index is 784. The number of methoxy groups -OCH3 is 1. The molecule has 0 fully saturated rings. The third-order valence-corrected chi connectivity index (χ3v) is 3.77. The van der Waals surface area contributed by atoms with Crippen molar-refractivity contribution < 1.29 is 9.84 Å². The molecule has 0 spiro atoms. The normalized spacial score (nSPS) is 10.7. The molecule has 0 saturated heterocycles. The van der Waals surface area contributed by atoms with Gasteiger partial charge in [0, 0.05) is 22.9 Å². The molecule has 0 aliphatic heterocycles. The number of hydrogen-bond donors (Lipinski definition) is 2. The van der Waals surface area contributed by atoms with Gasteiger partial charge in [0.2, 0.25) is 0 Å². The van der Waals surface area contributed by atoms with E-state index in [-0.39, 0.29) is 5.75 Å². The second-order valence-electron chi connectivity index (χ2n) is 5.28. The van der Waals surface area contributed by atoms with Crippen LogP contribution in [-0.2, 0) is 0 Å². The van der Waals surface area contributed by atoms with E-state index in [1.807, 2.05) is 50.2 Å². The molecule has 3 aromatic rings. The number of aromatic nitrogens is 2. The van der Waals surface area contributed by atoms with Gasteiger partial charge in [0.05, 0.1) is 7.11 Å². The summed E-state index contributed by atoms with van der Waals surface area (Å²) in [6.07, 6.45) is 0. The topological polar surface area (TPSA) is 58.1 Å². The summed E-state index contributed by atoms with van der Waals surface area (Å²) in [6.45, 7) is 3.92. The Morgan fingerprint density at radius 2 is 1.77 bits per heavy atom. The first kappa shape index (κ1) is 14.2. The number of aryl methyl sites for hydroxylation is 2. The van der Waals surface area contributed by atoms with Crippen molar-refractivity contribution in [2.75, 3.05) is 7.11 Å². The quantitative estimate of drug-likeness (QED) is 0.765. The Hall–Kier alpha value is -2.75. The number of aromatic hydroxyl groups is 1. The van der Waals surface area contributed by atoms with Crippen molar-refractivity contribution in [2.24, 2.45) is 0 Å². The highest BCUT2D eigenvalue weighted by Gasteiger charge is 2.19. The maximum Gasteiger partial charge on any atom is 0.129 e. The number of ether oxygens (including phenoxy) is 1. The first-order valence-electron chi connectivity index (χ1n) is 7.10. The average Bonchev–Trinajstić information content (AvgIpc) is 2.89. The van der Waals surface area contributed by atoms with Crippen LogP contribution in [0.2, 0.25) is 0 Å². The Balaban J connectivity index is 2.23. The molecule has 0 atom stereocenters. The summed E-state index contributed by atoms with van der Waals surface area (Å²) < 4.78 is 5.20. The van der Waals surface area contributed by atoms with Gasteiger partial charge in [0.15, 0.2) is 0 Å². The van der Waals surface area contributed by atoms with Crippen molar-refractivity contribution in [3.8, 4) is 33.9 Å². The van der Waals surface area contributed by atoms with E-state index in [0.717, 1.165) is 33.6 Å². The van der Waals surface area contributed by atoms with E-state index in [4.69, 9.17) is 4.74 Å². The van der Waals surface area contributed by atoms with E-state index in [1.165, 1.54) is 0 Å². The summed E-state index contributed by atoms with van der Waals surface area (Å²) in [7, 11) is 1.59. The third-order valence-electron chi connectivity index (χ3n) is 3.77. The Morgan fingerprint density at radius 1 is 1.05 bits per heavy atom. The standard InChI is InChI=1S/C18H18N2O2/c1-11-9-14(22-3)10-15(21)16(11)18-17(12(2)19-20-18)13-7-5-4-6-8-13/h4-10,21H,1-3H3,(H,19,20). The van der Waals surface area contributed by atoms with E-state index in [2.05, 4.69) is 10.2 Å². The van der Waals surface area contributed by atoms with Crippen LogP contribution in [0.25, 0.3) is 22.4 Å². The SMILES string of the molecule is COc1cc(C)c(-c2n[nH]c(C)c2-c2ccccc2)c(O)c1. The second-order valence-corrected chi connectivity index (χ2v) is 5.28. The largest absolute Gasteiger partial charge is 0.507 e. The molecular weight excluding hydrogens is 276 g/mol. The molecule has 112 valence electrons. The zero-order valence-electron chi connectivity index (χ0n) is 12.8. The predicted octanol–water partition coefficient (Wildman–Crippen LogP) is 4.07. The van der Waals surface area contributed by atoms with Gasteiger partial charge in [0.1, 0.15) is 17.2 Å². The summed E-state index contributed by atoms with van der Waals surface area (Å²) in [5, 5.41) is 17.8. The number of phenols is 1. The zero-order valence-corrected chi connectivity index (χ0v) is 12.8. The molecule has 0 aliphatic carbocycles. The smallest absolute Gasteiger partial charge is 0.129 e. The number of benzene rings is 2. The Kier molecular flexibility index (Phi) is 3.59. The number of rotatable bonds is 3. The minimum absolute atomic E-state index is 0.167. The zero-order chi connectivity index (χ0) is 15.7. The monoisotopic (exact) mass is 294 g/mol. The van der Waals surface area contributed by atoms with Gasteiger partial charge in [-0.15, -0.1) is 0 Å². The van der Waals surface area contributed by atoms with Gasteiger partial charge in [-0.2, -0.15) is 5.10 Å². The maximum absolute atomic E-state index is 10.4. The second kappa shape index (κ2) is 5.56. The number of phenolic OH excluding ortho intramolecular Hbond substituents is 1. The molecular formula is C18H18N2O2. The summed E-state index contributed by atoms with van der Waals surface area (Å²) in [6, 6.07) is 13.6. The van der Waals surface area contributed by atoms with E-state index in [1.54, 1.807) is 13.2 Å². The highest BCUT2D eigenvalue weighted by molar-refractivity contribution is 5.86. The van der Waals surface area contributed by atoms with Crippen LogP contribution in [0.3, 0.4) is 0 Å². The number of nitrogens with zero attached hydrogens (tertiary/aromatic N) is 1. The number of aromatic amines is 1. The lowest BCUT2D eigenvalue weighted by Gasteiger charge is -2.11. The van der Waals surface area contributed by atoms with E-state index in [0.29, 0.717) is 5.75 Å². The molecule has 0 unspecified atom stereocenters. The first-order chi connectivity index (χ1) is 10.6. The molecule has 2 aromatic carbocycles. The molecule has 1 aromatic heterocycles. The van der Waals surface area contributed by atoms with Crippen molar-refractivity contribution in [3.63, 3.8) is 0 Å². The lowest BCUT2D eigenvalue weighted by Crippen LogP contribution is -1.91. The molecule has 0 aliphatic rings. The fraction of sp³-hybridized carbons (Fsp3) is 0.167. The van der Waals surface area contributed by atoms with Crippen LogP contribution in [0.5, 0.6) is 11.5 Å². The molecule has 2 N–H and O–H groups in total. The van der Waals surface area contributed by atoms with Crippen LogP contribution in [-0.4, -0.2) is 22.4 Å². The van der Waals surface area contributed by atoms with E-state index < -0.39 is 0 Å². The van der Waals surface area contributed by atoms with Gasteiger partial charge in [-0.1, -0.05) is 30.3 Å². The highest BCUT2D eigenvalue weighted by Crippen LogP contribution is 2.40. The fourth-order valence-corrected chi connectivity index (χ4v) is 2.73. The number of H-pyrrole nitrogens is 1. The number of nitrogens with one attached hydrogen (secondary N) is 1. The summed E-state index contributed by atoms with van der Waals surface area (Å²) in [4.78, 5) is 0. The lowest BCUT2D eigenvalue weighted by atomic mass is 9.96. The van der Waals surface area contributed by atoms with Crippen LogP contribution >= 0.6 is 0 Å². The average molecular weight is 294 g/mol. The van der Waals surface area contributed by atoms with Crippen molar-refractivity contribution in [3.05, 3.63) is 53.7 Å².